The van der Waals surface area contributed by atoms with Gasteiger partial charge >= 0.3 is 0 Å². The Morgan fingerprint density at radius 3 is 2.54 bits per heavy atom. The van der Waals surface area contributed by atoms with Crippen molar-refractivity contribution >= 4 is 66.6 Å². The maximum atomic E-state index is 8.98. The van der Waals surface area contributed by atoms with Crippen molar-refractivity contribution in [2.75, 3.05) is 0 Å². The predicted octanol–water partition coefficient (Wildman–Crippen LogP) is 3.60. The van der Waals surface area contributed by atoms with E-state index in [4.69, 9.17) is 5.11 Å². The number of thiophene rings is 1. The van der Waals surface area contributed by atoms with E-state index in [0.29, 0.717) is 0 Å². The van der Waals surface area contributed by atoms with Gasteiger partial charge in [-0.15, -0.1) is 11.3 Å². The van der Waals surface area contributed by atoms with Crippen LogP contribution >= 0.6 is 56.5 Å². The molecule has 68 valence electrons. The summed E-state index contributed by atoms with van der Waals surface area (Å²) in [7, 11) is 0. The number of hydrogen-bond acceptors (Lipinski definition) is 2. The lowest BCUT2D eigenvalue weighted by molar-refractivity contribution is 0.285. The van der Waals surface area contributed by atoms with Crippen LogP contribution < -0.4 is 0 Å². The van der Waals surface area contributed by atoms with Gasteiger partial charge in [-0.25, -0.2) is 0 Å². The van der Waals surface area contributed by atoms with Crippen LogP contribution in [0.2, 0.25) is 0 Å². The lowest BCUT2D eigenvalue weighted by Crippen LogP contribution is -1.76. The van der Waals surface area contributed by atoms with Gasteiger partial charge in [0, 0.05) is 16.7 Å². The molecule has 1 heterocycles. The van der Waals surface area contributed by atoms with Crippen LogP contribution in [-0.2, 0) is 6.61 Å². The van der Waals surface area contributed by atoms with Crippen molar-refractivity contribution in [2.24, 2.45) is 0 Å². The van der Waals surface area contributed by atoms with Gasteiger partial charge in [0.05, 0.1) is 6.61 Å². The Morgan fingerprint density at radius 2 is 1.85 bits per heavy atom. The van der Waals surface area contributed by atoms with Gasteiger partial charge in [-0.05, 0) is 68.8 Å². The molecule has 13 heavy (non-hydrogen) atoms. The van der Waals surface area contributed by atoms with E-state index in [1.165, 1.54) is 17.2 Å². The molecule has 0 amide bonds. The molecule has 0 unspecified atom stereocenters. The molecule has 1 N–H and O–H groups in total. The molecule has 0 saturated heterocycles. The number of benzene rings is 1. The molecule has 0 aliphatic heterocycles. The maximum absolute atomic E-state index is 8.98. The summed E-state index contributed by atoms with van der Waals surface area (Å²) >= 11 is 6.32. The highest BCUT2D eigenvalue weighted by atomic mass is 127. The summed E-state index contributed by atoms with van der Waals surface area (Å²) in [5.41, 5.74) is 0. The molecule has 0 bridgehead atoms. The Kier molecular flexibility index (Phi) is 3.11. The molecular formula is C9H6I2OS. The van der Waals surface area contributed by atoms with Crippen LogP contribution in [0, 0.1) is 7.14 Å². The van der Waals surface area contributed by atoms with Gasteiger partial charge in [0.25, 0.3) is 0 Å². The smallest absolute Gasteiger partial charge is 0.0774 e. The minimum atomic E-state index is 0.145. The Labute approximate surface area is 107 Å². The molecule has 0 aliphatic carbocycles. The number of fused-ring (bicyclic) bond motifs is 1. The van der Waals surface area contributed by atoms with Crippen molar-refractivity contribution in [3.63, 3.8) is 0 Å². The average molecular weight is 416 g/mol. The SMILES string of the molecule is OCc1cc2cc(I)c(I)cc2s1. The molecule has 1 aromatic carbocycles. The normalized spacial score (nSPS) is 11.0. The lowest BCUT2D eigenvalue weighted by atomic mass is 10.2. The summed E-state index contributed by atoms with van der Waals surface area (Å²) in [6.45, 7) is 0.145. The zero-order valence-electron chi connectivity index (χ0n) is 6.55. The first kappa shape index (κ1) is 10.1. The third kappa shape index (κ3) is 2.00. The second-order valence-electron chi connectivity index (χ2n) is 2.67. The minimum Gasteiger partial charge on any atom is -0.391 e. The summed E-state index contributed by atoms with van der Waals surface area (Å²) in [5.74, 6) is 0. The predicted molar refractivity (Wildman–Crippen MR) is 73.2 cm³/mol. The van der Waals surface area contributed by atoms with E-state index in [9.17, 15) is 0 Å². The highest BCUT2D eigenvalue weighted by Crippen LogP contribution is 2.29. The maximum Gasteiger partial charge on any atom is 0.0774 e. The monoisotopic (exact) mass is 416 g/mol. The Bertz CT molecular complexity index is 411. The van der Waals surface area contributed by atoms with Crippen molar-refractivity contribution in [3.8, 4) is 0 Å². The van der Waals surface area contributed by atoms with Crippen molar-refractivity contribution in [1.29, 1.82) is 0 Å². The molecule has 0 spiro atoms. The topological polar surface area (TPSA) is 20.2 Å². The molecular weight excluding hydrogens is 410 g/mol. The number of hydrogen-bond donors (Lipinski definition) is 1. The number of aliphatic hydroxyl groups is 1. The van der Waals surface area contributed by atoms with Crippen molar-refractivity contribution in [3.05, 3.63) is 30.2 Å². The standard InChI is InChI=1S/C9H6I2OS/c10-7-2-5-1-6(4-12)13-9(5)3-8(7)11/h1-3,12H,4H2. The first-order chi connectivity index (χ1) is 6.20. The molecule has 2 aromatic rings. The third-order valence-electron chi connectivity index (χ3n) is 1.77. The summed E-state index contributed by atoms with van der Waals surface area (Å²) in [5, 5.41) is 10.2. The molecule has 1 aromatic heterocycles. The summed E-state index contributed by atoms with van der Waals surface area (Å²) in [4.78, 5) is 1.04. The minimum absolute atomic E-state index is 0.145. The summed E-state index contributed by atoms with van der Waals surface area (Å²) in [6, 6.07) is 6.38. The molecule has 0 saturated carbocycles. The average Bonchev–Trinajstić information content (AvgIpc) is 2.48. The van der Waals surface area contributed by atoms with Gasteiger partial charge < -0.3 is 5.11 Å². The molecule has 0 radical (unpaired) electrons. The van der Waals surface area contributed by atoms with E-state index < -0.39 is 0 Å². The third-order valence-corrected chi connectivity index (χ3v) is 5.67. The van der Waals surface area contributed by atoms with Gasteiger partial charge in [0.15, 0.2) is 0 Å². The fourth-order valence-corrected chi connectivity index (χ4v) is 3.28. The molecule has 0 fully saturated rings. The van der Waals surface area contributed by atoms with E-state index in [-0.39, 0.29) is 6.61 Å². The quantitative estimate of drug-likeness (QED) is 0.705. The molecule has 1 nitrogen and oxygen atoms in total. The molecule has 0 aliphatic rings. The van der Waals surface area contributed by atoms with Gasteiger partial charge in [-0.2, -0.15) is 0 Å². The van der Waals surface area contributed by atoms with E-state index in [2.05, 4.69) is 63.4 Å². The number of rotatable bonds is 1. The first-order valence-electron chi connectivity index (χ1n) is 3.69. The second-order valence-corrected chi connectivity index (χ2v) is 6.17. The highest BCUT2D eigenvalue weighted by molar-refractivity contribution is 14.1. The second kappa shape index (κ2) is 4.00. The lowest BCUT2D eigenvalue weighted by Gasteiger charge is -1.94. The van der Waals surface area contributed by atoms with E-state index in [1.807, 2.05) is 0 Å². The number of halogens is 2. The largest absolute Gasteiger partial charge is 0.391 e. The van der Waals surface area contributed by atoms with Gasteiger partial charge in [0.2, 0.25) is 0 Å². The van der Waals surface area contributed by atoms with Crippen molar-refractivity contribution in [1.82, 2.24) is 0 Å². The first-order valence-corrected chi connectivity index (χ1v) is 6.66. The Balaban J connectivity index is 2.70. The zero-order valence-corrected chi connectivity index (χ0v) is 11.7. The van der Waals surface area contributed by atoms with Crippen LogP contribution in [0.25, 0.3) is 10.1 Å². The molecule has 2 rings (SSSR count). The van der Waals surface area contributed by atoms with Gasteiger partial charge in [-0.1, -0.05) is 0 Å². The van der Waals surface area contributed by atoms with Crippen LogP contribution in [0.3, 0.4) is 0 Å². The van der Waals surface area contributed by atoms with Crippen LogP contribution in [0.15, 0.2) is 18.2 Å². The van der Waals surface area contributed by atoms with Crippen LogP contribution in [-0.4, -0.2) is 5.11 Å². The number of aliphatic hydroxyl groups excluding tert-OH is 1. The van der Waals surface area contributed by atoms with E-state index in [1.54, 1.807) is 11.3 Å². The Morgan fingerprint density at radius 1 is 1.15 bits per heavy atom. The fraction of sp³-hybridized carbons (Fsp3) is 0.111. The Hall–Kier alpha value is 0.600. The van der Waals surface area contributed by atoms with Crippen LogP contribution in [0.1, 0.15) is 4.88 Å². The summed E-state index contributed by atoms with van der Waals surface area (Å²) in [6.07, 6.45) is 0. The summed E-state index contributed by atoms with van der Waals surface area (Å²) < 4.78 is 3.80. The fourth-order valence-electron chi connectivity index (χ4n) is 1.17. The van der Waals surface area contributed by atoms with Gasteiger partial charge in [-0.3, -0.25) is 0 Å². The molecule has 0 atom stereocenters. The van der Waals surface area contributed by atoms with Crippen molar-refractivity contribution in [2.45, 2.75) is 6.61 Å². The van der Waals surface area contributed by atoms with E-state index >= 15 is 0 Å². The van der Waals surface area contributed by atoms with Crippen LogP contribution in [0.4, 0.5) is 0 Å². The van der Waals surface area contributed by atoms with Crippen molar-refractivity contribution < 1.29 is 5.11 Å². The zero-order chi connectivity index (χ0) is 9.42. The molecule has 4 heteroatoms. The van der Waals surface area contributed by atoms with E-state index in [0.717, 1.165) is 4.88 Å². The highest BCUT2D eigenvalue weighted by Gasteiger charge is 2.04. The van der Waals surface area contributed by atoms with Crippen LogP contribution in [0.5, 0.6) is 0 Å². The van der Waals surface area contributed by atoms with Gasteiger partial charge in [0.1, 0.15) is 0 Å².